The molecule has 0 unspecified atom stereocenters. The van der Waals surface area contributed by atoms with Gasteiger partial charge in [-0.1, -0.05) is 18.2 Å². The normalized spacial score (nSPS) is 17.2. The fourth-order valence-corrected chi connectivity index (χ4v) is 3.95. The van der Waals surface area contributed by atoms with Crippen molar-refractivity contribution in [2.24, 2.45) is 5.41 Å². The smallest absolute Gasteiger partial charge is 0.213 e. The number of fused-ring (bicyclic) bond motifs is 1. The Balaban J connectivity index is 1.67. The fraction of sp³-hybridized carbons (Fsp3) is 0.238. The first kappa shape index (κ1) is 15.3. The lowest BCUT2D eigenvalue weighted by Crippen LogP contribution is -2.21. The number of Topliss-reactive ketones (excluding diaryl/α,β-unsaturated/α-hetero) is 1. The molecule has 0 saturated heterocycles. The van der Waals surface area contributed by atoms with Gasteiger partial charge in [0.1, 0.15) is 0 Å². The number of para-hydroxylation sites is 1. The molecule has 2 aliphatic rings. The lowest BCUT2D eigenvalue weighted by Gasteiger charge is -2.21. The number of H-pyrrole nitrogens is 1. The number of anilines is 2. The van der Waals surface area contributed by atoms with Crippen LogP contribution >= 0.6 is 0 Å². The molecule has 3 aromatic rings. The fourth-order valence-electron chi connectivity index (χ4n) is 3.95. The Kier molecular flexibility index (Phi) is 3.26. The van der Waals surface area contributed by atoms with Crippen LogP contribution < -0.4 is 5.32 Å². The van der Waals surface area contributed by atoms with Gasteiger partial charge >= 0.3 is 0 Å². The van der Waals surface area contributed by atoms with Gasteiger partial charge in [-0.2, -0.15) is 4.39 Å². The van der Waals surface area contributed by atoms with Crippen LogP contribution in [0.5, 0.6) is 0 Å². The second-order valence-electron chi connectivity index (χ2n) is 7.36. The number of pyridine rings is 1. The van der Waals surface area contributed by atoms with Gasteiger partial charge in [0.25, 0.3) is 0 Å². The van der Waals surface area contributed by atoms with E-state index < -0.39 is 5.95 Å². The first-order valence-corrected chi connectivity index (χ1v) is 8.86. The van der Waals surface area contributed by atoms with Crippen molar-refractivity contribution in [3.63, 3.8) is 0 Å². The summed E-state index contributed by atoms with van der Waals surface area (Å²) in [4.78, 5) is 20.0. The average Bonchev–Trinajstić information content (AvgIpc) is 3.26. The van der Waals surface area contributed by atoms with Crippen molar-refractivity contribution in [1.29, 1.82) is 0 Å². The highest BCUT2D eigenvalue weighted by Crippen LogP contribution is 2.56. The van der Waals surface area contributed by atoms with Crippen LogP contribution in [-0.4, -0.2) is 15.8 Å². The van der Waals surface area contributed by atoms with Crippen LogP contribution in [0.1, 0.15) is 35.3 Å². The molecule has 5 rings (SSSR count). The molecular formula is C21H18FN3O. The van der Waals surface area contributed by atoms with Gasteiger partial charge in [-0.3, -0.25) is 4.79 Å². The number of hydrogen-bond donors (Lipinski definition) is 2. The van der Waals surface area contributed by atoms with Crippen LogP contribution in [-0.2, 0) is 6.42 Å². The lowest BCUT2D eigenvalue weighted by atomic mass is 9.83. The van der Waals surface area contributed by atoms with E-state index in [9.17, 15) is 9.18 Å². The number of aromatic nitrogens is 2. The number of rotatable bonds is 3. The SMILES string of the molecule is O=C1CC2(CC2)Cc2[nH]c(-c3ccnc(F)c3)c(Nc3ccccc3)c21. The molecule has 2 aromatic heterocycles. The van der Waals surface area contributed by atoms with Gasteiger partial charge < -0.3 is 10.3 Å². The molecule has 26 heavy (non-hydrogen) atoms. The monoisotopic (exact) mass is 347 g/mol. The van der Waals surface area contributed by atoms with Crippen LogP contribution in [0.25, 0.3) is 11.3 Å². The topological polar surface area (TPSA) is 57.8 Å². The zero-order valence-electron chi connectivity index (χ0n) is 14.2. The minimum atomic E-state index is -0.536. The number of aromatic amines is 1. The van der Waals surface area contributed by atoms with Crippen molar-refractivity contribution >= 4 is 17.2 Å². The molecule has 4 nitrogen and oxygen atoms in total. The summed E-state index contributed by atoms with van der Waals surface area (Å²) >= 11 is 0. The van der Waals surface area contributed by atoms with E-state index in [4.69, 9.17) is 0 Å². The maximum absolute atomic E-state index is 13.7. The zero-order valence-corrected chi connectivity index (χ0v) is 14.2. The van der Waals surface area contributed by atoms with E-state index in [1.54, 1.807) is 6.07 Å². The molecule has 0 atom stereocenters. The van der Waals surface area contributed by atoms with Crippen molar-refractivity contribution in [3.8, 4) is 11.3 Å². The Bertz CT molecular complexity index is 1010. The zero-order chi connectivity index (χ0) is 17.7. The van der Waals surface area contributed by atoms with Crippen LogP contribution in [0, 0.1) is 11.4 Å². The number of benzene rings is 1. The summed E-state index contributed by atoms with van der Waals surface area (Å²) in [6, 6.07) is 12.9. The van der Waals surface area contributed by atoms with Gasteiger partial charge in [-0.15, -0.1) is 0 Å². The van der Waals surface area contributed by atoms with Gasteiger partial charge in [0, 0.05) is 35.6 Å². The first-order valence-electron chi connectivity index (χ1n) is 8.86. The summed E-state index contributed by atoms with van der Waals surface area (Å²) in [7, 11) is 0. The molecule has 0 aliphatic heterocycles. The minimum Gasteiger partial charge on any atom is -0.356 e. The number of nitrogens with zero attached hydrogens (tertiary/aromatic N) is 1. The van der Waals surface area contributed by atoms with Gasteiger partial charge in [0.05, 0.1) is 16.9 Å². The highest BCUT2D eigenvalue weighted by atomic mass is 19.1. The molecule has 1 aromatic carbocycles. The van der Waals surface area contributed by atoms with Gasteiger partial charge in [-0.05, 0) is 42.9 Å². The summed E-state index contributed by atoms with van der Waals surface area (Å²) in [6.45, 7) is 0. The van der Waals surface area contributed by atoms with E-state index in [0.717, 1.165) is 47.6 Å². The molecule has 0 radical (unpaired) electrons. The number of halogens is 1. The van der Waals surface area contributed by atoms with Crippen molar-refractivity contribution in [1.82, 2.24) is 9.97 Å². The largest absolute Gasteiger partial charge is 0.356 e. The van der Waals surface area contributed by atoms with Crippen molar-refractivity contribution in [3.05, 3.63) is 65.9 Å². The molecule has 5 heteroatoms. The molecular weight excluding hydrogens is 329 g/mol. The van der Waals surface area contributed by atoms with Gasteiger partial charge in [0.2, 0.25) is 5.95 Å². The van der Waals surface area contributed by atoms with E-state index in [2.05, 4.69) is 15.3 Å². The number of nitrogens with one attached hydrogen (secondary N) is 2. The third-order valence-corrected chi connectivity index (χ3v) is 5.46. The second kappa shape index (κ2) is 5.53. The number of ketones is 1. The van der Waals surface area contributed by atoms with Crippen LogP contribution in [0.4, 0.5) is 15.8 Å². The number of carbonyl (C=O) groups is 1. The molecule has 0 amide bonds. The third kappa shape index (κ3) is 2.51. The van der Waals surface area contributed by atoms with E-state index >= 15 is 0 Å². The molecule has 1 fully saturated rings. The van der Waals surface area contributed by atoms with Gasteiger partial charge in [-0.25, -0.2) is 4.98 Å². The maximum Gasteiger partial charge on any atom is 0.213 e. The average molecular weight is 347 g/mol. The standard InChI is InChI=1S/C21H18FN3O/c22-17-10-13(6-9-23-17)19-20(24-14-4-2-1-3-5-14)18-15(25-19)11-21(7-8-21)12-16(18)26/h1-6,9-10,24-25H,7-8,11-12H2. The van der Waals surface area contributed by atoms with Crippen LogP contribution in [0.15, 0.2) is 48.7 Å². The summed E-state index contributed by atoms with van der Waals surface area (Å²) in [5, 5.41) is 3.38. The molecule has 1 spiro atoms. The van der Waals surface area contributed by atoms with Crippen LogP contribution in [0.2, 0.25) is 0 Å². The number of hydrogen-bond acceptors (Lipinski definition) is 3. The summed E-state index contributed by atoms with van der Waals surface area (Å²) < 4.78 is 13.7. The Morgan fingerprint density at radius 1 is 1.12 bits per heavy atom. The third-order valence-electron chi connectivity index (χ3n) is 5.46. The van der Waals surface area contributed by atoms with E-state index in [-0.39, 0.29) is 11.2 Å². The van der Waals surface area contributed by atoms with Gasteiger partial charge in [0.15, 0.2) is 5.78 Å². The molecule has 2 aliphatic carbocycles. The van der Waals surface area contributed by atoms with E-state index in [1.165, 1.54) is 12.3 Å². The minimum absolute atomic E-state index is 0.152. The quantitative estimate of drug-likeness (QED) is 0.665. The van der Waals surface area contributed by atoms with Crippen molar-refractivity contribution < 1.29 is 9.18 Å². The lowest BCUT2D eigenvalue weighted by molar-refractivity contribution is 0.0942. The Morgan fingerprint density at radius 3 is 2.65 bits per heavy atom. The summed E-state index contributed by atoms with van der Waals surface area (Å²) in [6.07, 6.45) is 5.15. The highest BCUT2D eigenvalue weighted by Gasteiger charge is 2.49. The molecule has 2 heterocycles. The van der Waals surface area contributed by atoms with Crippen molar-refractivity contribution in [2.45, 2.75) is 25.7 Å². The molecule has 1 saturated carbocycles. The highest BCUT2D eigenvalue weighted by molar-refractivity contribution is 6.08. The predicted octanol–water partition coefficient (Wildman–Crippen LogP) is 4.87. The van der Waals surface area contributed by atoms with Crippen LogP contribution in [0.3, 0.4) is 0 Å². The predicted molar refractivity (Wildman–Crippen MR) is 98.0 cm³/mol. The Morgan fingerprint density at radius 2 is 1.92 bits per heavy atom. The Labute approximate surface area is 150 Å². The second-order valence-corrected chi connectivity index (χ2v) is 7.36. The van der Waals surface area contributed by atoms with Crippen molar-refractivity contribution in [2.75, 3.05) is 5.32 Å². The molecule has 2 N–H and O–H groups in total. The van der Waals surface area contributed by atoms with E-state index in [1.807, 2.05) is 30.3 Å². The molecule has 130 valence electrons. The van der Waals surface area contributed by atoms with E-state index in [0.29, 0.717) is 12.0 Å². The number of carbonyl (C=O) groups excluding carboxylic acids is 1. The summed E-state index contributed by atoms with van der Waals surface area (Å²) in [5.74, 6) is -0.370. The Hall–Kier alpha value is -2.95. The summed E-state index contributed by atoms with van der Waals surface area (Å²) in [5.41, 5.74) is 4.89. The first-order chi connectivity index (χ1) is 12.6. The maximum atomic E-state index is 13.7. The molecule has 0 bridgehead atoms.